The molecule has 5 nitrogen and oxygen atoms in total. The Bertz CT molecular complexity index is 1000. The quantitative estimate of drug-likeness (QED) is 0.701. The van der Waals surface area contributed by atoms with Gasteiger partial charge in [0.25, 0.3) is 0 Å². The molecule has 0 amide bonds. The molecule has 1 atom stereocenters. The summed E-state index contributed by atoms with van der Waals surface area (Å²) in [5, 5.41) is 3.46. The van der Waals surface area contributed by atoms with Crippen LogP contribution >= 0.6 is 11.6 Å². The third-order valence-corrected chi connectivity index (χ3v) is 4.59. The molecule has 26 heavy (non-hydrogen) atoms. The lowest BCUT2D eigenvalue weighted by molar-refractivity contribution is 0.260. The zero-order valence-electron chi connectivity index (χ0n) is 14.0. The molecule has 0 saturated heterocycles. The summed E-state index contributed by atoms with van der Waals surface area (Å²) in [6.07, 6.45) is 3.00. The van der Waals surface area contributed by atoms with Crippen molar-refractivity contribution in [1.29, 1.82) is 0 Å². The first-order valence-electron chi connectivity index (χ1n) is 8.22. The van der Waals surface area contributed by atoms with E-state index in [-0.39, 0.29) is 5.56 Å². The number of hydrogen-bond donors (Lipinski definition) is 1. The zero-order valence-corrected chi connectivity index (χ0v) is 14.7. The molecule has 1 aliphatic heterocycles. The first kappa shape index (κ1) is 16.8. The monoisotopic (exact) mass is 375 g/mol. The van der Waals surface area contributed by atoms with Crippen molar-refractivity contribution in [3.63, 3.8) is 0 Å². The highest BCUT2D eigenvalue weighted by Crippen LogP contribution is 2.28. The number of hydrogen-bond acceptors (Lipinski definition) is 4. The maximum Gasteiger partial charge on any atom is 0.161 e. The second-order valence-corrected chi connectivity index (χ2v) is 6.36. The number of halogens is 3. The summed E-state index contributed by atoms with van der Waals surface area (Å²) >= 11 is 6.00. The molecular weight excluding hydrogens is 360 g/mol. The molecule has 3 heterocycles. The standard InChI is InChI=1S/C18H16ClF2N5/c1-2-26-16(23-14-5-6-15(19)24-18(14)26)10-25-8-7-22-17(25)12-9-11(20)3-4-13(12)21/h3-9,17,22H,2,10H2,1H3. The fourth-order valence-corrected chi connectivity index (χ4v) is 3.33. The van der Waals surface area contributed by atoms with Crippen LogP contribution in [0.25, 0.3) is 11.2 Å². The summed E-state index contributed by atoms with van der Waals surface area (Å²) in [5.41, 5.74) is 1.70. The minimum atomic E-state index is -0.507. The first-order valence-corrected chi connectivity index (χ1v) is 8.59. The van der Waals surface area contributed by atoms with Gasteiger partial charge in [0, 0.05) is 24.5 Å². The van der Waals surface area contributed by atoms with Crippen LogP contribution in [0.2, 0.25) is 5.15 Å². The molecule has 1 aromatic carbocycles. The summed E-state index contributed by atoms with van der Waals surface area (Å²) in [4.78, 5) is 10.8. The van der Waals surface area contributed by atoms with E-state index >= 15 is 0 Å². The molecule has 4 rings (SSSR count). The molecule has 0 aliphatic carbocycles. The summed E-state index contributed by atoms with van der Waals surface area (Å²) < 4.78 is 29.7. The van der Waals surface area contributed by atoms with Crippen molar-refractivity contribution in [1.82, 2.24) is 24.8 Å². The molecule has 134 valence electrons. The molecular formula is C18H16ClF2N5. The number of pyridine rings is 1. The van der Waals surface area contributed by atoms with Gasteiger partial charge in [-0.05, 0) is 37.3 Å². The molecule has 1 N–H and O–H groups in total. The Morgan fingerprint density at radius 3 is 2.85 bits per heavy atom. The van der Waals surface area contributed by atoms with Gasteiger partial charge in [-0.3, -0.25) is 0 Å². The smallest absolute Gasteiger partial charge is 0.161 e. The second kappa shape index (κ2) is 6.57. The summed E-state index contributed by atoms with van der Waals surface area (Å²) in [7, 11) is 0. The number of aromatic nitrogens is 3. The van der Waals surface area contributed by atoms with Crippen LogP contribution in [0.4, 0.5) is 8.78 Å². The van der Waals surface area contributed by atoms with Crippen molar-refractivity contribution in [3.05, 3.63) is 70.9 Å². The van der Waals surface area contributed by atoms with E-state index in [9.17, 15) is 8.78 Å². The highest BCUT2D eigenvalue weighted by Gasteiger charge is 2.26. The lowest BCUT2D eigenvalue weighted by Gasteiger charge is -2.26. The summed E-state index contributed by atoms with van der Waals surface area (Å²) in [6.45, 7) is 3.07. The molecule has 0 spiro atoms. The van der Waals surface area contributed by atoms with Crippen molar-refractivity contribution in [3.8, 4) is 0 Å². The summed E-state index contributed by atoms with van der Waals surface area (Å²) in [5.74, 6) is -0.169. The Morgan fingerprint density at radius 2 is 2.04 bits per heavy atom. The Labute approximate surface area is 153 Å². The van der Waals surface area contributed by atoms with Crippen LogP contribution in [-0.2, 0) is 13.1 Å². The normalized spacial score (nSPS) is 16.5. The van der Waals surface area contributed by atoms with Crippen molar-refractivity contribution >= 4 is 22.8 Å². The number of rotatable bonds is 4. The predicted molar refractivity (Wildman–Crippen MR) is 95.1 cm³/mol. The van der Waals surface area contributed by atoms with Gasteiger partial charge in [0.15, 0.2) is 5.65 Å². The minimum Gasteiger partial charge on any atom is -0.366 e. The molecule has 1 aliphatic rings. The van der Waals surface area contributed by atoms with Crippen LogP contribution < -0.4 is 5.32 Å². The second-order valence-electron chi connectivity index (χ2n) is 5.97. The SMILES string of the molecule is CCn1c(CN2C=CNC2c2cc(F)ccc2F)nc2ccc(Cl)nc21. The van der Waals surface area contributed by atoms with Crippen LogP contribution in [0.3, 0.4) is 0 Å². The lowest BCUT2D eigenvalue weighted by Crippen LogP contribution is -2.28. The number of aryl methyl sites for hydroxylation is 1. The van der Waals surface area contributed by atoms with Gasteiger partial charge in [-0.15, -0.1) is 0 Å². The van der Waals surface area contributed by atoms with Gasteiger partial charge in [0.05, 0.1) is 6.54 Å². The Morgan fingerprint density at radius 1 is 1.19 bits per heavy atom. The van der Waals surface area contributed by atoms with Crippen LogP contribution in [0.5, 0.6) is 0 Å². The lowest BCUT2D eigenvalue weighted by atomic mass is 10.1. The van der Waals surface area contributed by atoms with E-state index < -0.39 is 17.8 Å². The van der Waals surface area contributed by atoms with Crippen LogP contribution in [0.1, 0.15) is 24.5 Å². The molecule has 0 bridgehead atoms. The Hall–Kier alpha value is -2.67. The van der Waals surface area contributed by atoms with Crippen molar-refractivity contribution < 1.29 is 8.78 Å². The van der Waals surface area contributed by atoms with Gasteiger partial charge in [0.1, 0.15) is 34.3 Å². The molecule has 0 saturated carbocycles. The number of fused-ring (bicyclic) bond motifs is 1. The number of nitrogens with zero attached hydrogens (tertiary/aromatic N) is 4. The van der Waals surface area contributed by atoms with E-state index in [0.29, 0.717) is 23.9 Å². The number of imidazole rings is 1. The van der Waals surface area contributed by atoms with Gasteiger partial charge >= 0.3 is 0 Å². The summed E-state index contributed by atoms with van der Waals surface area (Å²) in [6, 6.07) is 6.97. The average Bonchev–Trinajstić information content (AvgIpc) is 3.21. The van der Waals surface area contributed by atoms with Crippen LogP contribution in [0.15, 0.2) is 42.7 Å². The van der Waals surface area contributed by atoms with E-state index in [4.69, 9.17) is 11.6 Å². The van der Waals surface area contributed by atoms with Crippen LogP contribution in [0, 0.1) is 11.6 Å². The molecule has 8 heteroatoms. The maximum atomic E-state index is 14.2. The fourth-order valence-electron chi connectivity index (χ4n) is 3.19. The van der Waals surface area contributed by atoms with Gasteiger partial charge in [-0.1, -0.05) is 11.6 Å². The number of benzene rings is 1. The first-order chi connectivity index (χ1) is 12.6. The highest BCUT2D eigenvalue weighted by molar-refractivity contribution is 6.29. The van der Waals surface area contributed by atoms with E-state index in [1.54, 1.807) is 18.5 Å². The maximum absolute atomic E-state index is 14.2. The van der Waals surface area contributed by atoms with Gasteiger partial charge in [0.2, 0.25) is 0 Å². The van der Waals surface area contributed by atoms with Crippen molar-refractivity contribution in [2.45, 2.75) is 26.2 Å². The predicted octanol–water partition coefficient (Wildman–Crippen LogP) is 3.96. The Kier molecular flexibility index (Phi) is 4.24. The van der Waals surface area contributed by atoms with Crippen LogP contribution in [-0.4, -0.2) is 19.4 Å². The van der Waals surface area contributed by atoms with Gasteiger partial charge in [-0.2, -0.15) is 0 Å². The average molecular weight is 376 g/mol. The molecule has 0 fully saturated rings. The molecule has 2 aromatic heterocycles. The molecule has 1 unspecified atom stereocenters. The van der Waals surface area contributed by atoms with E-state index in [1.165, 1.54) is 6.07 Å². The number of nitrogens with one attached hydrogen (secondary N) is 1. The molecule has 3 aromatic rings. The van der Waals surface area contributed by atoms with Crippen molar-refractivity contribution in [2.24, 2.45) is 0 Å². The largest absolute Gasteiger partial charge is 0.366 e. The fraction of sp³-hybridized carbons (Fsp3) is 0.222. The Balaban J connectivity index is 1.69. The zero-order chi connectivity index (χ0) is 18.3. The topological polar surface area (TPSA) is 46.0 Å². The van der Waals surface area contributed by atoms with E-state index in [1.807, 2.05) is 22.5 Å². The van der Waals surface area contributed by atoms with Gasteiger partial charge in [-0.25, -0.2) is 18.7 Å². The van der Waals surface area contributed by atoms with Crippen molar-refractivity contribution in [2.75, 3.05) is 0 Å². The van der Waals surface area contributed by atoms with Gasteiger partial charge < -0.3 is 14.8 Å². The molecule has 0 radical (unpaired) electrons. The highest BCUT2D eigenvalue weighted by atomic mass is 35.5. The minimum absolute atomic E-state index is 0.246. The van der Waals surface area contributed by atoms with E-state index in [0.717, 1.165) is 23.5 Å². The third-order valence-electron chi connectivity index (χ3n) is 4.38. The third kappa shape index (κ3) is 2.88. The van der Waals surface area contributed by atoms with E-state index in [2.05, 4.69) is 15.3 Å².